The number of carbonyl (C=O) groups is 7. The molecule has 18 nitrogen and oxygen atoms in total. The van der Waals surface area contributed by atoms with Crippen LogP contribution in [0.4, 0.5) is 0 Å². The van der Waals surface area contributed by atoms with Crippen LogP contribution < -0.4 is 43.1 Å². The fraction of sp³-hybridized carbons (Fsp3) is 0.627. The molecule has 482 valence electrons. The summed E-state index contributed by atoms with van der Waals surface area (Å²) in [5.74, 6) is -9.72. The fourth-order valence-corrected chi connectivity index (χ4v) is 12.6. The normalized spacial score (nSPS) is 32.7. The molecular formula is C67H95Br2N3O15. The van der Waals surface area contributed by atoms with Crippen molar-refractivity contribution in [1.29, 1.82) is 0 Å². The van der Waals surface area contributed by atoms with E-state index in [9.17, 15) is 38.7 Å². The number of carbonyl (C=O) groups excluding carboxylic acids is 7. The molecule has 1 amide bonds. The van der Waals surface area contributed by atoms with E-state index in [1.807, 2.05) is 109 Å². The van der Waals surface area contributed by atoms with Gasteiger partial charge in [0.15, 0.2) is 42.8 Å². The van der Waals surface area contributed by atoms with Crippen molar-refractivity contribution in [3.8, 4) is 0 Å². The van der Waals surface area contributed by atoms with E-state index < -0.39 is 102 Å². The number of esters is 3. The Morgan fingerprint density at radius 3 is 2.02 bits per heavy atom. The second-order valence-corrected chi connectivity index (χ2v) is 24.6. The summed E-state index contributed by atoms with van der Waals surface area (Å²) in [6, 6.07) is 6.33. The Hall–Kier alpha value is -5.09. The van der Waals surface area contributed by atoms with Crippen molar-refractivity contribution in [2.45, 2.75) is 207 Å². The third-order valence-corrected chi connectivity index (χ3v) is 17.6. The SMILES string of the molecule is CO[C@H]1C[C@@H]2CC[C@@H](C)[C@@](O)(O2)C(=O)C(=O)N2CCCC[C@H]2C(=O)O[C@H]([C@H](C)C[C@@H]2CC[C@@H](OC(=O)C[n+]3cccc(C)c3)[C@H](OC)C2)CC(=O)[C@H](C)/C=C(\C)[C@@H](OC(=O)C[n+]2cccc(C)c2)[C@@H](OC)C(=O)[C@H](C)C[C@H](C)/C=C/C=C/C=C/1C.[Br-].[Br-]. The molecule has 15 atom stereocenters. The first kappa shape index (κ1) is 74.4. The molecule has 3 fully saturated rings. The van der Waals surface area contributed by atoms with Gasteiger partial charge in [0.05, 0.1) is 18.3 Å². The molecule has 3 aliphatic heterocycles. The third-order valence-electron chi connectivity index (χ3n) is 17.6. The van der Waals surface area contributed by atoms with Gasteiger partial charge in [0, 0.05) is 81.7 Å². The van der Waals surface area contributed by atoms with Crippen molar-refractivity contribution < 1.29 is 115 Å². The molecule has 2 aromatic heterocycles. The number of amides is 1. The van der Waals surface area contributed by atoms with Crippen LogP contribution in [0.25, 0.3) is 0 Å². The number of allylic oxidation sites excluding steroid dienone is 6. The Morgan fingerprint density at radius 2 is 1.40 bits per heavy atom. The van der Waals surface area contributed by atoms with Gasteiger partial charge < -0.3 is 77.1 Å². The number of hydrogen-bond acceptors (Lipinski definition) is 15. The number of fused-ring (bicyclic) bond motifs is 3. The van der Waals surface area contributed by atoms with E-state index in [0.717, 1.165) is 16.7 Å². The highest BCUT2D eigenvalue weighted by Crippen LogP contribution is 2.38. The van der Waals surface area contributed by atoms with Gasteiger partial charge in [0.1, 0.15) is 24.0 Å². The zero-order valence-corrected chi connectivity index (χ0v) is 56.2. The van der Waals surface area contributed by atoms with Crippen molar-refractivity contribution in [2.24, 2.45) is 35.5 Å². The van der Waals surface area contributed by atoms with Gasteiger partial charge in [0.25, 0.3) is 11.7 Å². The fourth-order valence-electron chi connectivity index (χ4n) is 12.6. The maximum Gasteiger partial charge on any atom is 0.373 e. The van der Waals surface area contributed by atoms with Gasteiger partial charge >= 0.3 is 17.9 Å². The zero-order valence-electron chi connectivity index (χ0n) is 53.0. The van der Waals surface area contributed by atoms with Crippen molar-refractivity contribution >= 4 is 41.2 Å². The molecule has 87 heavy (non-hydrogen) atoms. The summed E-state index contributed by atoms with van der Waals surface area (Å²) in [5.41, 5.74) is 3.20. The van der Waals surface area contributed by atoms with E-state index in [2.05, 4.69) is 0 Å². The quantitative estimate of drug-likeness (QED) is 0.106. The molecule has 2 aromatic rings. The minimum absolute atomic E-state index is 0. The van der Waals surface area contributed by atoms with Crippen LogP contribution in [0.1, 0.15) is 137 Å². The average Bonchev–Trinajstić information content (AvgIpc) is 2.33. The molecule has 0 unspecified atom stereocenters. The molecule has 1 aliphatic carbocycles. The maximum atomic E-state index is 14.8. The van der Waals surface area contributed by atoms with E-state index in [0.29, 0.717) is 63.4 Å². The van der Waals surface area contributed by atoms with E-state index in [1.165, 1.54) is 12.0 Å². The van der Waals surface area contributed by atoms with E-state index in [1.54, 1.807) is 62.6 Å². The molecule has 5 heterocycles. The molecule has 0 spiro atoms. The zero-order chi connectivity index (χ0) is 62.1. The number of nitrogens with zero attached hydrogens (tertiary/aromatic N) is 3. The Balaban J connectivity index is 0.00000810. The van der Waals surface area contributed by atoms with Crippen LogP contribution in [-0.4, -0.2) is 134 Å². The Morgan fingerprint density at radius 1 is 0.747 bits per heavy atom. The van der Waals surface area contributed by atoms with Crippen LogP contribution in [-0.2, 0) is 79.8 Å². The minimum atomic E-state index is -2.48. The van der Waals surface area contributed by atoms with Crippen molar-refractivity contribution in [1.82, 2.24) is 4.90 Å². The predicted octanol–water partition coefficient (Wildman–Crippen LogP) is 1.88. The number of aryl methyl sites for hydroxylation is 2. The number of methoxy groups -OCH3 is 3. The summed E-state index contributed by atoms with van der Waals surface area (Å²) < 4.78 is 46.1. The maximum absolute atomic E-state index is 14.8. The summed E-state index contributed by atoms with van der Waals surface area (Å²) in [7, 11) is 4.55. The van der Waals surface area contributed by atoms with Crippen LogP contribution in [0.2, 0.25) is 0 Å². The first-order chi connectivity index (χ1) is 40.4. The van der Waals surface area contributed by atoms with E-state index in [4.69, 9.17) is 33.2 Å². The van der Waals surface area contributed by atoms with Gasteiger partial charge in [-0.2, -0.15) is 9.13 Å². The number of ether oxygens (including phenoxy) is 7. The lowest BCUT2D eigenvalue weighted by Gasteiger charge is -2.42. The lowest BCUT2D eigenvalue weighted by molar-refractivity contribution is -0.686. The van der Waals surface area contributed by atoms with Crippen LogP contribution >= 0.6 is 0 Å². The highest BCUT2D eigenvalue weighted by molar-refractivity contribution is 6.39. The minimum Gasteiger partial charge on any atom is -1.00 e. The first-order valence-electron chi connectivity index (χ1n) is 30.6. The molecule has 4 aliphatic rings. The van der Waals surface area contributed by atoms with Crippen molar-refractivity contribution in [3.63, 3.8) is 0 Å². The van der Waals surface area contributed by atoms with Gasteiger partial charge in [-0.3, -0.25) is 19.2 Å². The van der Waals surface area contributed by atoms with Crippen LogP contribution in [0.5, 0.6) is 0 Å². The monoisotopic (exact) mass is 1340 g/mol. The largest absolute Gasteiger partial charge is 1.00 e. The van der Waals surface area contributed by atoms with Gasteiger partial charge in [-0.15, -0.1) is 0 Å². The number of aliphatic hydroxyl groups is 1. The molecule has 1 N–H and O–H groups in total. The number of ketones is 3. The number of aromatic nitrogens is 2. The average molecular weight is 1340 g/mol. The first-order valence-corrected chi connectivity index (χ1v) is 30.6. The molecule has 2 bridgehead atoms. The Labute approximate surface area is 536 Å². The van der Waals surface area contributed by atoms with Crippen LogP contribution in [0.3, 0.4) is 0 Å². The number of piperidine rings is 1. The van der Waals surface area contributed by atoms with Crippen LogP contribution in [0, 0.1) is 49.4 Å². The molecule has 2 saturated heterocycles. The highest BCUT2D eigenvalue weighted by atomic mass is 79.9. The van der Waals surface area contributed by atoms with Crippen LogP contribution in [0.15, 0.2) is 96.7 Å². The van der Waals surface area contributed by atoms with Crippen molar-refractivity contribution in [2.75, 3.05) is 27.9 Å². The summed E-state index contributed by atoms with van der Waals surface area (Å²) in [6.45, 7) is 16.5. The predicted molar refractivity (Wildman–Crippen MR) is 316 cm³/mol. The highest BCUT2D eigenvalue weighted by Gasteiger charge is 2.53. The summed E-state index contributed by atoms with van der Waals surface area (Å²) in [4.78, 5) is 101. The Kier molecular flexibility index (Phi) is 30.2. The second kappa shape index (κ2) is 35.3. The van der Waals surface area contributed by atoms with E-state index in [-0.39, 0.29) is 102 Å². The smallest absolute Gasteiger partial charge is 0.373 e. The van der Waals surface area contributed by atoms with E-state index >= 15 is 0 Å². The Bertz CT molecular complexity index is 2790. The van der Waals surface area contributed by atoms with Gasteiger partial charge in [-0.1, -0.05) is 71.1 Å². The van der Waals surface area contributed by atoms with Gasteiger partial charge in [-0.05, 0) is 133 Å². The molecule has 0 aromatic carbocycles. The summed E-state index contributed by atoms with van der Waals surface area (Å²) >= 11 is 0. The number of pyridine rings is 2. The summed E-state index contributed by atoms with van der Waals surface area (Å²) in [5, 5.41) is 12.1. The van der Waals surface area contributed by atoms with Crippen molar-refractivity contribution in [3.05, 3.63) is 108 Å². The molecule has 20 heteroatoms. The van der Waals surface area contributed by atoms with Gasteiger partial charge in [-0.25, -0.2) is 14.4 Å². The molecule has 1 saturated carbocycles. The number of Topliss-reactive ketones (excluding diaryl/α,β-unsaturated/α-hetero) is 3. The lowest BCUT2D eigenvalue weighted by atomic mass is 9.78. The molecule has 0 radical (unpaired) electrons. The van der Waals surface area contributed by atoms with Gasteiger partial charge in [0.2, 0.25) is 18.9 Å². The lowest BCUT2D eigenvalue weighted by Crippen LogP contribution is -3.00. The number of cyclic esters (lactones) is 1. The summed E-state index contributed by atoms with van der Waals surface area (Å²) in [6.07, 6.45) is 17.7. The number of rotatable bonds is 12. The number of hydrogen-bond donors (Lipinski definition) is 1. The number of halogens is 2. The topological polar surface area (TPSA) is 215 Å². The third kappa shape index (κ3) is 21.0. The molecule has 6 rings (SSSR count). The standard InChI is InChI=1S/C67H95N3O15.2BrH/c1-42-20-14-13-15-23-45(4)56(79-10)36-52-27-25-50(9)67(78,85-52)64(75)65(76)70-31-17-16-24-53(70)66(77)83-57(47(6)34-51-26-28-55(58(35-51)80-11)82-59(72)40-68-29-18-21-43(2)38-68)37-54(71)46(5)33-49(8)62(63(81-12)61(74)48(7)32-42)84-60(73)41-69-30-19-22-44(3)39-69;;/h13-15,18-23,29-30,33,38-39,42,46-48,50-53,55-58,62-63,78H,16-17,24-28,31-32,34-37,40-41H2,1-12H3;2*1H/q+2;;/p-2/b15-13+,20-14+,45-23+,49-33+;;/t42-,46-,47-,48-,50-,51+,52+,53+,55-,56+,57+,58-,62-,63+,67-;;/m1../s1. The molecular weight excluding hydrogens is 1250 g/mol. The second-order valence-electron chi connectivity index (χ2n) is 24.6.